The predicted octanol–water partition coefficient (Wildman–Crippen LogP) is 2.62. The third-order valence-corrected chi connectivity index (χ3v) is 5.01. The SMILES string of the molecule is CCCNC(N)=NCC1CCC(C(=O)Nc2ccnc3[nH]ccc23)CC1. The van der Waals surface area contributed by atoms with Crippen LogP contribution in [0.5, 0.6) is 0 Å². The third kappa shape index (κ3) is 4.53. The molecule has 1 amide bonds. The summed E-state index contributed by atoms with van der Waals surface area (Å²) in [6.45, 7) is 3.69. The van der Waals surface area contributed by atoms with Gasteiger partial charge in [-0.1, -0.05) is 6.92 Å². The molecule has 140 valence electrons. The van der Waals surface area contributed by atoms with Gasteiger partial charge in [-0.15, -0.1) is 0 Å². The first kappa shape index (κ1) is 18.2. The summed E-state index contributed by atoms with van der Waals surface area (Å²) in [5.74, 6) is 1.20. The Kier molecular flexibility index (Phi) is 6.09. The van der Waals surface area contributed by atoms with Crippen LogP contribution in [-0.2, 0) is 4.79 Å². The highest BCUT2D eigenvalue weighted by molar-refractivity contribution is 6.00. The number of anilines is 1. The van der Waals surface area contributed by atoms with Gasteiger partial charge in [-0.2, -0.15) is 0 Å². The molecule has 0 spiro atoms. The van der Waals surface area contributed by atoms with E-state index in [1.807, 2.05) is 18.3 Å². The Balaban J connectivity index is 1.49. The highest BCUT2D eigenvalue weighted by Crippen LogP contribution is 2.30. The lowest BCUT2D eigenvalue weighted by Crippen LogP contribution is -2.33. The van der Waals surface area contributed by atoms with E-state index in [-0.39, 0.29) is 11.8 Å². The zero-order valence-corrected chi connectivity index (χ0v) is 15.3. The quantitative estimate of drug-likeness (QED) is 0.471. The van der Waals surface area contributed by atoms with E-state index in [0.29, 0.717) is 11.9 Å². The maximum Gasteiger partial charge on any atom is 0.227 e. The van der Waals surface area contributed by atoms with Gasteiger partial charge in [0.1, 0.15) is 5.65 Å². The van der Waals surface area contributed by atoms with Crippen molar-refractivity contribution in [3.05, 3.63) is 24.5 Å². The number of nitrogens with one attached hydrogen (secondary N) is 3. The largest absolute Gasteiger partial charge is 0.370 e. The number of guanidine groups is 1. The first-order valence-corrected chi connectivity index (χ1v) is 9.44. The summed E-state index contributed by atoms with van der Waals surface area (Å²) in [6.07, 6.45) is 8.39. The lowest BCUT2D eigenvalue weighted by molar-refractivity contribution is -0.121. The van der Waals surface area contributed by atoms with Gasteiger partial charge in [-0.05, 0) is 50.2 Å². The molecule has 0 unspecified atom stereocenters. The molecule has 2 heterocycles. The minimum atomic E-state index is 0.0629. The van der Waals surface area contributed by atoms with Crippen LogP contribution in [0.15, 0.2) is 29.5 Å². The smallest absolute Gasteiger partial charge is 0.227 e. The molecular weight excluding hydrogens is 328 g/mol. The number of fused-ring (bicyclic) bond motifs is 1. The molecule has 0 saturated heterocycles. The average Bonchev–Trinajstić information content (AvgIpc) is 3.15. The number of hydrogen-bond donors (Lipinski definition) is 4. The molecule has 2 aromatic heterocycles. The van der Waals surface area contributed by atoms with Crippen LogP contribution in [0.3, 0.4) is 0 Å². The Morgan fingerprint density at radius 2 is 2.15 bits per heavy atom. The number of aromatic nitrogens is 2. The Labute approximate surface area is 153 Å². The van der Waals surface area contributed by atoms with Gasteiger partial charge < -0.3 is 21.4 Å². The summed E-state index contributed by atoms with van der Waals surface area (Å²) < 4.78 is 0. The zero-order chi connectivity index (χ0) is 18.4. The van der Waals surface area contributed by atoms with Crippen LogP contribution in [0.25, 0.3) is 11.0 Å². The van der Waals surface area contributed by atoms with Gasteiger partial charge in [-0.3, -0.25) is 9.79 Å². The van der Waals surface area contributed by atoms with Gasteiger partial charge in [0.25, 0.3) is 0 Å². The Hall–Kier alpha value is -2.57. The van der Waals surface area contributed by atoms with E-state index >= 15 is 0 Å². The van der Waals surface area contributed by atoms with Gasteiger partial charge in [0.05, 0.1) is 5.69 Å². The summed E-state index contributed by atoms with van der Waals surface area (Å²) in [6, 6.07) is 3.78. The van der Waals surface area contributed by atoms with Gasteiger partial charge in [0.15, 0.2) is 5.96 Å². The van der Waals surface area contributed by atoms with Crippen molar-refractivity contribution >= 4 is 28.6 Å². The summed E-state index contributed by atoms with van der Waals surface area (Å²) in [7, 11) is 0. The molecule has 1 fully saturated rings. The second kappa shape index (κ2) is 8.69. The summed E-state index contributed by atoms with van der Waals surface area (Å²) in [5.41, 5.74) is 7.45. The summed E-state index contributed by atoms with van der Waals surface area (Å²) in [5, 5.41) is 7.11. The normalized spacial score (nSPS) is 20.9. The summed E-state index contributed by atoms with van der Waals surface area (Å²) >= 11 is 0. The van der Waals surface area contributed by atoms with Gasteiger partial charge >= 0.3 is 0 Å². The highest BCUT2D eigenvalue weighted by Gasteiger charge is 2.26. The van der Waals surface area contributed by atoms with Crippen LogP contribution in [-0.4, -0.2) is 34.9 Å². The van der Waals surface area contributed by atoms with E-state index in [4.69, 9.17) is 5.73 Å². The molecule has 1 saturated carbocycles. The summed E-state index contributed by atoms with van der Waals surface area (Å²) in [4.78, 5) is 24.4. The van der Waals surface area contributed by atoms with Crippen molar-refractivity contribution in [2.24, 2.45) is 22.6 Å². The number of carbonyl (C=O) groups excluding carboxylic acids is 1. The Bertz CT molecular complexity index is 760. The van der Waals surface area contributed by atoms with Gasteiger partial charge in [0.2, 0.25) is 5.91 Å². The number of nitrogens with two attached hydrogens (primary N) is 1. The monoisotopic (exact) mass is 356 g/mol. The Morgan fingerprint density at radius 3 is 2.92 bits per heavy atom. The van der Waals surface area contributed by atoms with E-state index in [2.05, 4.69) is 32.5 Å². The zero-order valence-electron chi connectivity index (χ0n) is 15.3. The second-order valence-electron chi connectivity index (χ2n) is 6.96. The molecule has 0 bridgehead atoms. The number of amides is 1. The fraction of sp³-hybridized carbons (Fsp3) is 0.526. The maximum absolute atomic E-state index is 12.6. The number of carbonyl (C=O) groups is 1. The third-order valence-electron chi connectivity index (χ3n) is 5.01. The number of rotatable bonds is 6. The number of nitrogens with zero attached hydrogens (tertiary/aromatic N) is 2. The molecule has 0 aliphatic heterocycles. The van der Waals surface area contributed by atoms with Crippen molar-refractivity contribution in [1.82, 2.24) is 15.3 Å². The molecular formula is C19H28N6O. The fourth-order valence-electron chi connectivity index (χ4n) is 3.45. The molecule has 26 heavy (non-hydrogen) atoms. The predicted molar refractivity (Wildman–Crippen MR) is 105 cm³/mol. The topological polar surface area (TPSA) is 108 Å². The minimum Gasteiger partial charge on any atom is -0.370 e. The molecule has 0 atom stereocenters. The van der Waals surface area contributed by atoms with E-state index in [9.17, 15) is 4.79 Å². The number of H-pyrrole nitrogens is 1. The van der Waals surface area contributed by atoms with Gasteiger partial charge in [-0.25, -0.2) is 4.98 Å². The second-order valence-corrected chi connectivity index (χ2v) is 6.96. The van der Waals surface area contributed by atoms with E-state index in [0.717, 1.165) is 61.9 Å². The number of hydrogen-bond acceptors (Lipinski definition) is 3. The van der Waals surface area contributed by atoms with Crippen molar-refractivity contribution in [3.63, 3.8) is 0 Å². The first-order valence-electron chi connectivity index (χ1n) is 9.44. The van der Waals surface area contributed by atoms with Crippen molar-refractivity contribution in [3.8, 4) is 0 Å². The van der Waals surface area contributed by atoms with Crippen LogP contribution >= 0.6 is 0 Å². The van der Waals surface area contributed by atoms with E-state index < -0.39 is 0 Å². The highest BCUT2D eigenvalue weighted by atomic mass is 16.1. The van der Waals surface area contributed by atoms with Crippen molar-refractivity contribution in [2.45, 2.75) is 39.0 Å². The first-order chi connectivity index (χ1) is 12.7. The number of aromatic amines is 1. The maximum atomic E-state index is 12.6. The molecule has 5 N–H and O–H groups in total. The van der Waals surface area contributed by atoms with Crippen LogP contribution in [0.2, 0.25) is 0 Å². The molecule has 3 rings (SSSR count). The standard InChI is InChI=1S/C19H28N6O/c1-2-9-23-19(20)24-12-13-3-5-14(6-4-13)18(26)25-16-8-11-22-17-15(16)7-10-21-17/h7-8,10-11,13-14H,2-6,9,12H2,1H3,(H3,20,23,24)(H2,21,22,25,26). The molecule has 1 aliphatic carbocycles. The molecule has 7 heteroatoms. The van der Waals surface area contributed by atoms with Gasteiger partial charge in [0, 0.05) is 36.8 Å². The molecule has 0 radical (unpaired) electrons. The van der Waals surface area contributed by atoms with Crippen LogP contribution in [0.4, 0.5) is 5.69 Å². The van der Waals surface area contributed by atoms with Crippen LogP contribution < -0.4 is 16.4 Å². The van der Waals surface area contributed by atoms with Crippen molar-refractivity contribution < 1.29 is 4.79 Å². The lowest BCUT2D eigenvalue weighted by atomic mass is 9.81. The molecule has 1 aliphatic rings. The fourth-order valence-corrected chi connectivity index (χ4v) is 3.45. The Morgan fingerprint density at radius 1 is 1.35 bits per heavy atom. The molecule has 7 nitrogen and oxygen atoms in total. The van der Waals surface area contributed by atoms with Crippen molar-refractivity contribution in [1.29, 1.82) is 0 Å². The molecule has 2 aromatic rings. The molecule has 0 aromatic carbocycles. The lowest BCUT2D eigenvalue weighted by Gasteiger charge is -2.27. The van der Waals surface area contributed by atoms with Crippen LogP contribution in [0.1, 0.15) is 39.0 Å². The van der Waals surface area contributed by atoms with E-state index in [1.54, 1.807) is 6.20 Å². The average molecular weight is 356 g/mol. The van der Waals surface area contributed by atoms with E-state index in [1.165, 1.54) is 0 Å². The number of pyridine rings is 1. The van der Waals surface area contributed by atoms with Crippen LogP contribution in [0, 0.1) is 11.8 Å². The number of aliphatic imine (C=N–C) groups is 1. The van der Waals surface area contributed by atoms with Crippen molar-refractivity contribution in [2.75, 3.05) is 18.4 Å². The minimum absolute atomic E-state index is 0.0629.